The molecule has 0 aliphatic heterocycles. The summed E-state index contributed by atoms with van der Waals surface area (Å²) < 4.78 is 32.9. The van der Waals surface area contributed by atoms with E-state index in [1.165, 1.54) is 0 Å². The largest absolute Gasteiger partial charge is 0.464 e. The van der Waals surface area contributed by atoms with Crippen LogP contribution in [-0.2, 0) is 16.6 Å². The molecule has 1 heterocycles. The molecular weight excluding hydrogens is 288 g/mol. The summed E-state index contributed by atoms with van der Waals surface area (Å²) in [6, 6.07) is 1.63. The Hall–Kier alpha value is -0.850. The lowest BCUT2D eigenvalue weighted by atomic mass is 10.2. The zero-order valence-corrected chi connectivity index (χ0v) is 14.8. The predicted molar refractivity (Wildman–Crippen MR) is 84.6 cm³/mol. The Bertz CT molecular complexity index is 537. The molecule has 6 heteroatoms. The second-order valence-corrected chi connectivity index (χ2v) is 8.18. The number of nitrogens with zero attached hydrogens (tertiary/aromatic N) is 1. The first-order valence-corrected chi connectivity index (χ1v) is 8.86. The van der Waals surface area contributed by atoms with Crippen LogP contribution in [0.15, 0.2) is 15.4 Å². The van der Waals surface area contributed by atoms with Crippen LogP contribution < -0.4 is 5.32 Å². The van der Waals surface area contributed by atoms with Crippen molar-refractivity contribution in [2.75, 3.05) is 20.1 Å². The van der Waals surface area contributed by atoms with Gasteiger partial charge in [0.25, 0.3) is 0 Å². The molecular formula is C15H28N2O3S. The molecule has 1 aromatic heterocycles. The van der Waals surface area contributed by atoms with Crippen LogP contribution in [0.2, 0.25) is 0 Å². The van der Waals surface area contributed by atoms with Crippen LogP contribution in [0.3, 0.4) is 0 Å². The fourth-order valence-corrected chi connectivity index (χ4v) is 4.22. The molecule has 0 saturated carbocycles. The zero-order valence-electron chi connectivity index (χ0n) is 13.9. The highest BCUT2D eigenvalue weighted by atomic mass is 32.2. The van der Waals surface area contributed by atoms with Crippen LogP contribution in [0.4, 0.5) is 0 Å². The third-order valence-electron chi connectivity index (χ3n) is 3.03. The van der Waals surface area contributed by atoms with Gasteiger partial charge in [-0.05, 0) is 25.8 Å². The number of hydrogen-bond acceptors (Lipinski definition) is 4. The van der Waals surface area contributed by atoms with Gasteiger partial charge in [-0.3, -0.25) is 0 Å². The molecule has 0 aromatic carbocycles. The molecule has 0 aliphatic carbocycles. The van der Waals surface area contributed by atoms with Crippen molar-refractivity contribution in [2.24, 2.45) is 11.8 Å². The summed E-state index contributed by atoms with van der Waals surface area (Å²) in [4.78, 5) is 0.286. The van der Waals surface area contributed by atoms with E-state index in [-0.39, 0.29) is 16.7 Å². The molecule has 21 heavy (non-hydrogen) atoms. The average molecular weight is 316 g/mol. The molecule has 0 aliphatic rings. The molecule has 0 unspecified atom stereocenters. The fourth-order valence-electron chi connectivity index (χ4n) is 2.27. The summed E-state index contributed by atoms with van der Waals surface area (Å²) in [7, 11) is -1.71. The highest BCUT2D eigenvalue weighted by molar-refractivity contribution is 7.89. The van der Waals surface area contributed by atoms with Crippen molar-refractivity contribution >= 4 is 10.0 Å². The molecule has 0 radical (unpaired) electrons. The number of furan rings is 1. The smallest absolute Gasteiger partial charge is 0.246 e. The first kappa shape index (κ1) is 18.2. The van der Waals surface area contributed by atoms with E-state index in [1.54, 1.807) is 24.3 Å². The highest BCUT2D eigenvalue weighted by Crippen LogP contribution is 2.25. The van der Waals surface area contributed by atoms with Crippen LogP contribution in [0.5, 0.6) is 0 Å². The third kappa shape index (κ3) is 4.83. The standard InChI is InChI=1S/C15H28N2O3S/c1-11(2)9-17(10-12(3)4)21(18,19)15-7-14(8-16-6)20-13(15)5/h7,11-12,16H,8-10H2,1-6H3. The minimum absolute atomic E-state index is 0.280. The van der Waals surface area contributed by atoms with Crippen LogP contribution in [-0.4, -0.2) is 32.9 Å². The molecule has 1 N–H and O–H groups in total. The summed E-state index contributed by atoms with van der Waals surface area (Å²) in [5, 5.41) is 2.97. The first-order chi connectivity index (χ1) is 9.68. The molecule has 0 amide bonds. The lowest BCUT2D eigenvalue weighted by Crippen LogP contribution is -2.37. The summed E-state index contributed by atoms with van der Waals surface area (Å²) in [5.41, 5.74) is 0. The summed E-state index contributed by atoms with van der Waals surface area (Å²) in [6.07, 6.45) is 0. The third-order valence-corrected chi connectivity index (χ3v) is 4.97. The average Bonchev–Trinajstić information content (AvgIpc) is 2.69. The minimum atomic E-state index is -3.51. The van der Waals surface area contributed by atoms with E-state index in [0.717, 1.165) is 0 Å². The number of aryl methyl sites for hydroxylation is 1. The van der Waals surface area contributed by atoms with Crippen molar-refractivity contribution in [3.63, 3.8) is 0 Å². The van der Waals surface area contributed by atoms with Crippen LogP contribution in [0.1, 0.15) is 39.2 Å². The van der Waals surface area contributed by atoms with Gasteiger partial charge in [-0.1, -0.05) is 27.7 Å². The van der Waals surface area contributed by atoms with Crippen molar-refractivity contribution in [3.05, 3.63) is 17.6 Å². The Kier molecular flexibility index (Phi) is 6.43. The SMILES string of the molecule is CNCc1cc(S(=O)(=O)N(CC(C)C)CC(C)C)c(C)o1. The van der Waals surface area contributed by atoms with Crippen molar-refractivity contribution in [1.82, 2.24) is 9.62 Å². The summed E-state index contributed by atoms with van der Waals surface area (Å²) >= 11 is 0. The monoisotopic (exact) mass is 316 g/mol. The highest BCUT2D eigenvalue weighted by Gasteiger charge is 2.29. The van der Waals surface area contributed by atoms with Gasteiger partial charge in [0, 0.05) is 19.2 Å². The van der Waals surface area contributed by atoms with Gasteiger partial charge in [0.05, 0.1) is 6.54 Å². The lowest BCUT2D eigenvalue weighted by molar-refractivity contribution is 0.332. The van der Waals surface area contributed by atoms with Gasteiger partial charge < -0.3 is 9.73 Å². The Morgan fingerprint density at radius 2 is 1.71 bits per heavy atom. The maximum Gasteiger partial charge on any atom is 0.246 e. The topological polar surface area (TPSA) is 62.6 Å². The van der Waals surface area contributed by atoms with Gasteiger partial charge in [0.2, 0.25) is 10.0 Å². The van der Waals surface area contributed by atoms with Crippen LogP contribution in [0, 0.1) is 18.8 Å². The first-order valence-electron chi connectivity index (χ1n) is 7.42. The van der Waals surface area contributed by atoms with Crippen molar-refractivity contribution < 1.29 is 12.8 Å². The molecule has 5 nitrogen and oxygen atoms in total. The Morgan fingerprint density at radius 3 is 2.14 bits per heavy atom. The maximum atomic E-state index is 12.9. The van der Waals surface area contributed by atoms with E-state index in [0.29, 0.717) is 31.2 Å². The predicted octanol–water partition coefficient (Wildman–Crippen LogP) is 2.61. The van der Waals surface area contributed by atoms with E-state index in [9.17, 15) is 8.42 Å². The normalized spacial score (nSPS) is 12.8. The van der Waals surface area contributed by atoms with Crippen molar-refractivity contribution in [1.29, 1.82) is 0 Å². The van der Waals surface area contributed by atoms with Crippen molar-refractivity contribution in [3.8, 4) is 0 Å². The zero-order chi connectivity index (χ0) is 16.2. The van der Waals surface area contributed by atoms with Crippen LogP contribution >= 0.6 is 0 Å². The van der Waals surface area contributed by atoms with Gasteiger partial charge in [-0.2, -0.15) is 4.31 Å². The second-order valence-electron chi connectivity index (χ2n) is 6.27. The van der Waals surface area contributed by atoms with Gasteiger partial charge in [0.1, 0.15) is 16.4 Å². The Labute approximate surface area is 128 Å². The fraction of sp³-hybridized carbons (Fsp3) is 0.733. The quantitative estimate of drug-likeness (QED) is 0.801. The minimum Gasteiger partial charge on any atom is -0.464 e. The van der Waals surface area contributed by atoms with E-state index in [4.69, 9.17) is 4.42 Å². The van der Waals surface area contributed by atoms with E-state index in [2.05, 4.69) is 5.32 Å². The van der Waals surface area contributed by atoms with E-state index >= 15 is 0 Å². The lowest BCUT2D eigenvalue weighted by Gasteiger charge is -2.25. The number of sulfonamides is 1. The number of rotatable bonds is 8. The van der Waals surface area contributed by atoms with Gasteiger partial charge in [-0.25, -0.2) is 8.42 Å². The van der Waals surface area contributed by atoms with Gasteiger partial charge in [-0.15, -0.1) is 0 Å². The van der Waals surface area contributed by atoms with Crippen LogP contribution in [0.25, 0.3) is 0 Å². The van der Waals surface area contributed by atoms with E-state index < -0.39 is 10.0 Å². The van der Waals surface area contributed by atoms with E-state index in [1.807, 2.05) is 27.7 Å². The molecule has 1 aromatic rings. The Balaban J connectivity index is 3.15. The number of nitrogens with one attached hydrogen (secondary N) is 1. The molecule has 0 fully saturated rings. The molecule has 1 rings (SSSR count). The molecule has 0 spiro atoms. The Morgan fingerprint density at radius 1 is 1.19 bits per heavy atom. The van der Waals surface area contributed by atoms with Gasteiger partial charge >= 0.3 is 0 Å². The molecule has 0 saturated heterocycles. The molecule has 0 atom stereocenters. The summed E-state index contributed by atoms with van der Waals surface area (Å²) in [6.45, 7) is 11.4. The van der Waals surface area contributed by atoms with Crippen molar-refractivity contribution in [2.45, 2.75) is 46.1 Å². The molecule has 122 valence electrons. The van der Waals surface area contributed by atoms with Gasteiger partial charge in [0.15, 0.2) is 0 Å². The molecule has 0 bridgehead atoms. The summed E-state index contributed by atoms with van der Waals surface area (Å²) in [5.74, 6) is 1.66. The second kappa shape index (κ2) is 7.42. The maximum absolute atomic E-state index is 12.9. The number of hydrogen-bond donors (Lipinski definition) is 1.